The van der Waals surface area contributed by atoms with Crippen molar-refractivity contribution < 1.29 is 8.78 Å². The van der Waals surface area contributed by atoms with E-state index < -0.39 is 11.6 Å². The Bertz CT molecular complexity index is 516. The van der Waals surface area contributed by atoms with E-state index in [0.717, 1.165) is 11.6 Å². The smallest absolute Gasteiger partial charge is 0.135 e. The van der Waals surface area contributed by atoms with Crippen molar-refractivity contribution in [2.45, 2.75) is 27.7 Å². The molecule has 0 aliphatic heterocycles. The number of hydrogen-bond acceptors (Lipinski definition) is 1. The standard InChI is InChI=1S/C17H23F2N/c1-11(2)13(4)8-12(3)9-17(20-5)15-7-6-14(18)10-16(15)19/h6-11,13,20H,1-5H3/b12-8-,17-9-. The Labute approximate surface area is 120 Å². The summed E-state index contributed by atoms with van der Waals surface area (Å²) in [4.78, 5) is 0. The van der Waals surface area contributed by atoms with E-state index in [4.69, 9.17) is 0 Å². The second kappa shape index (κ2) is 7.22. The molecule has 0 fully saturated rings. The van der Waals surface area contributed by atoms with Gasteiger partial charge in [0, 0.05) is 24.4 Å². The van der Waals surface area contributed by atoms with Gasteiger partial charge in [0.25, 0.3) is 0 Å². The minimum absolute atomic E-state index is 0.374. The third-order valence-electron chi connectivity index (χ3n) is 3.44. The van der Waals surface area contributed by atoms with Gasteiger partial charge >= 0.3 is 0 Å². The number of allylic oxidation sites excluding steroid dienone is 3. The molecule has 20 heavy (non-hydrogen) atoms. The van der Waals surface area contributed by atoms with Gasteiger partial charge in [-0.15, -0.1) is 0 Å². The van der Waals surface area contributed by atoms with Crippen molar-refractivity contribution >= 4 is 5.70 Å². The fourth-order valence-electron chi connectivity index (χ4n) is 1.88. The van der Waals surface area contributed by atoms with E-state index in [9.17, 15) is 8.78 Å². The highest BCUT2D eigenvalue weighted by atomic mass is 19.1. The number of nitrogens with one attached hydrogen (secondary N) is 1. The summed E-state index contributed by atoms with van der Waals surface area (Å²) >= 11 is 0. The Morgan fingerprint density at radius 3 is 2.35 bits per heavy atom. The lowest BCUT2D eigenvalue weighted by molar-refractivity contribution is 0.502. The monoisotopic (exact) mass is 279 g/mol. The zero-order chi connectivity index (χ0) is 15.3. The molecule has 0 amide bonds. The normalized spacial score (nSPS) is 14.6. The number of benzene rings is 1. The van der Waals surface area contributed by atoms with Crippen molar-refractivity contribution in [3.8, 4) is 0 Å². The molecule has 1 atom stereocenters. The van der Waals surface area contributed by atoms with Crippen molar-refractivity contribution in [2.24, 2.45) is 11.8 Å². The highest BCUT2D eigenvalue weighted by Crippen LogP contribution is 2.20. The number of halogens is 2. The molecule has 0 heterocycles. The van der Waals surface area contributed by atoms with E-state index in [1.807, 2.05) is 13.0 Å². The maximum Gasteiger partial charge on any atom is 0.135 e. The molecule has 0 bridgehead atoms. The van der Waals surface area contributed by atoms with Gasteiger partial charge in [0.2, 0.25) is 0 Å². The van der Waals surface area contributed by atoms with Gasteiger partial charge in [-0.05, 0) is 37.0 Å². The average Bonchev–Trinajstić information content (AvgIpc) is 2.36. The lowest BCUT2D eigenvalue weighted by Gasteiger charge is -2.12. The van der Waals surface area contributed by atoms with Gasteiger partial charge in [-0.25, -0.2) is 8.78 Å². The minimum Gasteiger partial charge on any atom is -0.388 e. The molecule has 1 rings (SSSR count). The first-order valence-corrected chi connectivity index (χ1v) is 6.88. The summed E-state index contributed by atoms with van der Waals surface area (Å²) in [5.74, 6) is -0.126. The highest BCUT2D eigenvalue weighted by Gasteiger charge is 2.09. The van der Waals surface area contributed by atoms with Gasteiger partial charge in [-0.2, -0.15) is 0 Å². The van der Waals surface area contributed by atoms with Crippen molar-refractivity contribution in [1.82, 2.24) is 5.32 Å². The molecule has 0 saturated carbocycles. The van der Waals surface area contributed by atoms with Crippen LogP contribution in [0.25, 0.3) is 5.70 Å². The SMILES string of the molecule is CN/C(=C\C(C)=C/C(C)C(C)C)c1ccc(F)cc1F. The molecular formula is C17H23F2N. The lowest BCUT2D eigenvalue weighted by Crippen LogP contribution is -2.07. The first kappa shape index (κ1) is 16.4. The van der Waals surface area contributed by atoms with Crippen LogP contribution >= 0.6 is 0 Å². The van der Waals surface area contributed by atoms with Crippen LogP contribution in [0.2, 0.25) is 0 Å². The zero-order valence-electron chi connectivity index (χ0n) is 12.8. The molecular weight excluding hydrogens is 256 g/mol. The summed E-state index contributed by atoms with van der Waals surface area (Å²) in [5.41, 5.74) is 2.07. The summed E-state index contributed by atoms with van der Waals surface area (Å²) in [5, 5.41) is 2.97. The molecule has 1 unspecified atom stereocenters. The Morgan fingerprint density at radius 2 is 1.85 bits per heavy atom. The van der Waals surface area contributed by atoms with Crippen molar-refractivity contribution in [3.05, 3.63) is 53.1 Å². The maximum absolute atomic E-state index is 13.8. The van der Waals surface area contributed by atoms with E-state index in [0.29, 0.717) is 23.1 Å². The lowest BCUT2D eigenvalue weighted by atomic mass is 9.95. The van der Waals surface area contributed by atoms with Crippen molar-refractivity contribution in [1.29, 1.82) is 0 Å². The summed E-state index contributed by atoms with van der Waals surface area (Å²) in [6.07, 6.45) is 4.04. The van der Waals surface area contributed by atoms with E-state index >= 15 is 0 Å². The summed E-state index contributed by atoms with van der Waals surface area (Å²) in [6, 6.07) is 3.61. The second-order valence-corrected chi connectivity index (χ2v) is 5.45. The molecule has 1 nitrogen and oxygen atoms in total. The minimum atomic E-state index is -0.567. The topological polar surface area (TPSA) is 12.0 Å². The molecule has 0 radical (unpaired) electrons. The predicted molar refractivity (Wildman–Crippen MR) is 81.2 cm³/mol. The molecule has 0 aromatic heterocycles. The summed E-state index contributed by atoms with van der Waals surface area (Å²) in [6.45, 7) is 8.46. The van der Waals surface area contributed by atoms with Crippen LogP contribution < -0.4 is 5.32 Å². The molecule has 0 aliphatic carbocycles. The van der Waals surface area contributed by atoms with Crippen molar-refractivity contribution in [2.75, 3.05) is 7.05 Å². The van der Waals surface area contributed by atoms with Crippen LogP contribution in [0.15, 0.2) is 35.9 Å². The van der Waals surface area contributed by atoms with Crippen LogP contribution in [0.5, 0.6) is 0 Å². The fraction of sp³-hybridized carbons (Fsp3) is 0.412. The largest absolute Gasteiger partial charge is 0.388 e. The Hall–Kier alpha value is -1.64. The van der Waals surface area contributed by atoms with Crippen LogP contribution in [-0.4, -0.2) is 7.05 Å². The molecule has 3 heteroatoms. The van der Waals surface area contributed by atoms with E-state index in [2.05, 4.69) is 32.2 Å². The predicted octanol–water partition coefficient (Wildman–Crippen LogP) is 4.76. The van der Waals surface area contributed by atoms with Gasteiger partial charge in [0.1, 0.15) is 11.6 Å². The van der Waals surface area contributed by atoms with Gasteiger partial charge in [0.05, 0.1) is 0 Å². The number of hydrogen-bond donors (Lipinski definition) is 1. The Kier molecular flexibility index (Phi) is 5.93. The summed E-state index contributed by atoms with van der Waals surface area (Å²) < 4.78 is 26.7. The fourth-order valence-corrected chi connectivity index (χ4v) is 1.88. The first-order chi connectivity index (χ1) is 9.35. The average molecular weight is 279 g/mol. The number of rotatable bonds is 5. The third kappa shape index (κ3) is 4.48. The van der Waals surface area contributed by atoms with E-state index in [-0.39, 0.29) is 0 Å². The van der Waals surface area contributed by atoms with Gasteiger partial charge in [-0.3, -0.25) is 0 Å². The van der Waals surface area contributed by atoms with Gasteiger partial charge < -0.3 is 5.32 Å². The Morgan fingerprint density at radius 1 is 1.20 bits per heavy atom. The second-order valence-electron chi connectivity index (χ2n) is 5.45. The van der Waals surface area contributed by atoms with Crippen molar-refractivity contribution in [3.63, 3.8) is 0 Å². The van der Waals surface area contributed by atoms with Crippen LogP contribution in [-0.2, 0) is 0 Å². The van der Waals surface area contributed by atoms with Gasteiger partial charge in [-0.1, -0.05) is 32.4 Å². The molecule has 1 N–H and O–H groups in total. The Balaban J connectivity index is 3.09. The van der Waals surface area contributed by atoms with E-state index in [1.54, 1.807) is 7.05 Å². The molecule has 110 valence electrons. The third-order valence-corrected chi connectivity index (χ3v) is 3.44. The van der Waals surface area contributed by atoms with E-state index in [1.165, 1.54) is 12.1 Å². The van der Waals surface area contributed by atoms with Crippen LogP contribution in [0.1, 0.15) is 33.3 Å². The van der Waals surface area contributed by atoms with Crippen LogP contribution in [0.3, 0.4) is 0 Å². The van der Waals surface area contributed by atoms with Crippen LogP contribution in [0, 0.1) is 23.5 Å². The van der Waals surface area contributed by atoms with Gasteiger partial charge in [0.15, 0.2) is 0 Å². The zero-order valence-corrected chi connectivity index (χ0v) is 12.8. The van der Waals surface area contributed by atoms with Crippen LogP contribution in [0.4, 0.5) is 8.78 Å². The first-order valence-electron chi connectivity index (χ1n) is 6.88. The molecule has 0 aliphatic rings. The molecule has 1 aromatic rings. The quantitative estimate of drug-likeness (QED) is 0.766. The molecule has 0 saturated heterocycles. The summed E-state index contributed by atoms with van der Waals surface area (Å²) in [7, 11) is 1.73. The highest BCUT2D eigenvalue weighted by molar-refractivity contribution is 5.66. The molecule has 1 aromatic carbocycles. The molecule has 0 spiro atoms. The maximum atomic E-state index is 13.8.